The highest BCUT2D eigenvalue weighted by Crippen LogP contribution is 2.39. The van der Waals surface area contributed by atoms with Gasteiger partial charge in [-0.2, -0.15) is 0 Å². The van der Waals surface area contributed by atoms with Gasteiger partial charge in [0, 0.05) is 11.1 Å². The van der Waals surface area contributed by atoms with E-state index in [1.54, 1.807) is 24.3 Å². The first-order valence-corrected chi connectivity index (χ1v) is 5.76. The van der Waals surface area contributed by atoms with Crippen LogP contribution in [0.5, 0.6) is 0 Å². The fraction of sp³-hybridized carbons (Fsp3) is 0.100. The Morgan fingerprint density at radius 2 is 1.69 bits per heavy atom. The van der Waals surface area contributed by atoms with Crippen molar-refractivity contribution >= 4 is 46.4 Å². The smallest absolute Gasteiger partial charge is 0.216 e. The van der Waals surface area contributed by atoms with Crippen molar-refractivity contribution < 1.29 is 4.42 Å². The predicted octanol–water partition coefficient (Wildman–Crippen LogP) is 4.82. The van der Waals surface area contributed by atoms with E-state index in [4.69, 9.17) is 50.8 Å². The van der Waals surface area contributed by atoms with Crippen LogP contribution in [0.2, 0.25) is 5.15 Å². The molecule has 2 rings (SSSR count). The second-order valence-corrected chi connectivity index (χ2v) is 5.69. The van der Waals surface area contributed by atoms with Crippen molar-refractivity contribution in [1.82, 2.24) is 4.98 Å². The third-order valence-corrected chi connectivity index (χ3v) is 2.92. The molecule has 0 amide bonds. The molecule has 0 saturated carbocycles. The van der Waals surface area contributed by atoms with E-state index in [9.17, 15) is 0 Å². The Labute approximate surface area is 112 Å². The largest absolute Gasteiger partial charge is 0.442 e. The molecule has 0 radical (unpaired) electrons. The van der Waals surface area contributed by atoms with Crippen LogP contribution in [0, 0.1) is 0 Å². The monoisotopic (exact) mass is 295 g/mol. The molecule has 84 valence electrons. The van der Waals surface area contributed by atoms with E-state index in [0.29, 0.717) is 16.5 Å². The summed E-state index contributed by atoms with van der Waals surface area (Å²) >= 11 is 23.0. The minimum atomic E-state index is -1.43. The minimum Gasteiger partial charge on any atom is -0.442 e. The Balaban J connectivity index is 2.37. The summed E-state index contributed by atoms with van der Waals surface area (Å²) in [5.41, 5.74) is 1.36. The highest BCUT2D eigenvalue weighted by molar-refractivity contribution is 6.66. The van der Waals surface area contributed by atoms with Crippen LogP contribution in [0.3, 0.4) is 0 Å². The molecule has 0 fully saturated rings. The van der Waals surface area contributed by atoms with Crippen molar-refractivity contribution in [2.45, 2.75) is 3.79 Å². The van der Waals surface area contributed by atoms with Crippen molar-refractivity contribution in [2.75, 3.05) is 0 Å². The second-order valence-electron chi connectivity index (χ2n) is 3.05. The SMILES string of the molecule is Clc1ncoc1-c1ccc(C(Cl)(Cl)Cl)cc1. The zero-order valence-corrected chi connectivity index (χ0v) is 10.8. The number of aromatic nitrogens is 1. The molecule has 0 spiro atoms. The van der Waals surface area contributed by atoms with E-state index < -0.39 is 3.79 Å². The van der Waals surface area contributed by atoms with Crippen LogP contribution < -0.4 is 0 Å². The molecule has 16 heavy (non-hydrogen) atoms. The molecule has 0 unspecified atom stereocenters. The second kappa shape index (κ2) is 4.46. The van der Waals surface area contributed by atoms with Crippen LogP contribution in [-0.2, 0) is 3.79 Å². The summed E-state index contributed by atoms with van der Waals surface area (Å²) < 4.78 is 3.71. The van der Waals surface area contributed by atoms with Gasteiger partial charge in [0.05, 0.1) is 0 Å². The van der Waals surface area contributed by atoms with Gasteiger partial charge >= 0.3 is 0 Å². The Morgan fingerprint density at radius 3 is 2.12 bits per heavy atom. The number of hydrogen-bond acceptors (Lipinski definition) is 2. The number of halogens is 4. The van der Waals surface area contributed by atoms with Crippen LogP contribution in [0.4, 0.5) is 0 Å². The third kappa shape index (κ3) is 2.46. The van der Waals surface area contributed by atoms with Crippen molar-refractivity contribution in [3.63, 3.8) is 0 Å². The van der Waals surface area contributed by atoms with Crippen molar-refractivity contribution in [3.05, 3.63) is 41.4 Å². The van der Waals surface area contributed by atoms with E-state index in [-0.39, 0.29) is 0 Å². The Bertz CT molecular complexity index is 486. The maximum absolute atomic E-state index is 5.82. The molecule has 0 atom stereocenters. The Morgan fingerprint density at radius 1 is 1.06 bits per heavy atom. The maximum Gasteiger partial charge on any atom is 0.216 e. The lowest BCUT2D eigenvalue weighted by molar-refractivity contribution is 0.572. The fourth-order valence-corrected chi connectivity index (χ4v) is 1.80. The average molecular weight is 297 g/mol. The zero-order valence-electron chi connectivity index (χ0n) is 7.75. The van der Waals surface area contributed by atoms with Gasteiger partial charge in [0.2, 0.25) is 3.79 Å². The molecule has 0 aliphatic heterocycles. The number of oxazole rings is 1. The van der Waals surface area contributed by atoms with E-state index >= 15 is 0 Å². The van der Waals surface area contributed by atoms with Crippen molar-refractivity contribution in [3.8, 4) is 11.3 Å². The normalized spacial score (nSPS) is 11.8. The molecule has 0 aliphatic carbocycles. The first-order valence-electron chi connectivity index (χ1n) is 4.25. The summed E-state index contributed by atoms with van der Waals surface area (Å²) in [7, 11) is 0. The van der Waals surface area contributed by atoms with Crippen molar-refractivity contribution in [2.24, 2.45) is 0 Å². The van der Waals surface area contributed by atoms with Gasteiger partial charge in [-0.15, -0.1) is 0 Å². The van der Waals surface area contributed by atoms with E-state index in [0.717, 1.165) is 5.56 Å². The third-order valence-electron chi connectivity index (χ3n) is 2.00. The number of hydrogen-bond donors (Lipinski definition) is 0. The van der Waals surface area contributed by atoms with Crippen molar-refractivity contribution in [1.29, 1.82) is 0 Å². The summed E-state index contributed by atoms with van der Waals surface area (Å²) in [5, 5.41) is 0.307. The molecular formula is C10H5Cl4NO. The van der Waals surface area contributed by atoms with E-state index in [1.165, 1.54) is 6.39 Å². The highest BCUT2D eigenvalue weighted by atomic mass is 35.6. The first-order chi connectivity index (χ1) is 7.48. The lowest BCUT2D eigenvalue weighted by atomic mass is 10.1. The summed E-state index contributed by atoms with van der Waals surface area (Å²) in [5.74, 6) is 0.498. The van der Waals surface area contributed by atoms with Crippen LogP contribution in [0.15, 0.2) is 35.1 Å². The topological polar surface area (TPSA) is 26.0 Å². The number of rotatable bonds is 1. The molecule has 0 aliphatic rings. The molecule has 1 heterocycles. The lowest BCUT2D eigenvalue weighted by Gasteiger charge is -2.10. The molecule has 0 N–H and O–H groups in total. The number of benzene rings is 1. The molecule has 0 bridgehead atoms. The molecule has 1 aromatic carbocycles. The molecular weight excluding hydrogens is 292 g/mol. The molecule has 6 heteroatoms. The Kier molecular flexibility index (Phi) is 3.36. The summed E-state index contributed by atoms with van der Waals surface area (Å²) in [6, 6.07) is 6.90. The van der Waals surface area contributed by atoms with Gasteiger partial charge in [0.1, 0.15) is 0 Å². The summed E-state index contributed by atoms with van der Waals surface area (Å²) in [6.07, 6.45) is 1.28. The lowest BCUT2D eigenvalue weighted by Crippen LogP contribution is -1.98. The quantitative estimate of drug-likeness (QED) is 0.705. The number of alkyl halides is 3. The highest BCUT2D eigenvalue weighted by Gasteiger charge is 2.22. The van der Waals surface area contributed by atoms with Crippen LogP contribution in [0.1, 0.15) is 5.56 Å². The van der Waals surface area contributed by atoms with Gasteiger partial charge < -0.3 is 4.42 Å². The number of nitrogens with zero attached hydrogens (tertiary/aromatic N) is 1. The van der Waals surface area contributed by atoms with Gasteiger partial charge in [0.15, 0.2) is 17.3 Å². The van der Waals surface area contributed by atoms with Crippen LogP contribution >= 0.6 is 46.4 Å². The average Bonchev–Trinajstić information content (AvgIpc) is 2.63. The summed E-state index contributed by atoms with van der Waals surface area (Å²) in [4.78, 5) is 3.78. The maximum atomic E-state index is 5.82. The van der Waals surface area contributed by atoms with Crippen LogP contribution in [-0.4, -0.2) is 4.98 Å². The van der Waals surface area contributed by atoms with Gasteiger partial charge in [-0.25, -0.2) is 4.98 Å². The van der Waals surface area contributed by atoms with Gasteiger partial charge in [-0.1, -0.05) is 70.7 Å². The molecule has 1 aromatic heterocycles. The van der Waals surface area contributed by atoms with Gasteiger partial charge in [-0.05, 0) is 0 Å². The molecule has 2 nitrogen and oxygen atoms in total. The van der Waals surface area contributed by atoms with Crippen LogP contribution in [0.25, 0.3) is 11.3 Å². The van der Waals surface area contributed by atoms with E-state index in [1.807, 2.05) is 0 Å². The van der Waals surface area contributed by atoms with Gasteiger partial charge in [-0.3, -0.25) is 0 Å². The minimum absolute atomic E-state index is 0.307. The predicted molar refractivity (Wildman–Crippen MR) is 66.2 cm³/mol. The standard InChI is InChI=1S/C10H5Cl4NO/c11-9-8(16-5-15-9)6-1-3-7(4-2-6)10(12,13)14/h1-5H. The van der Waals surface area contributed by atoms with E-state index in [2.05, 4.69) is 4.98 Å². The summed E-state index contributed by atoms with van der Waals surface area (Å²) in [6.45, 7) is 0. The fourth-order valence-electron chi connectivity index (χ4n) is 1.23. The molecule has 0 saturated heterocycles. The first kappa shape index (κ1) is 12.1. The Hall–Kier alpha value is -0.410. The molecule has 2 aromatic rings. The zero-order chi connectivity index (χ0) is 11.8. The van der Waals surface area contributed by atoms with Gasteiger partial charge in [0.25, 0.3) is 0 Å².